The van der Waals surface area contributed by atoms with Gasteiger partial charge in [0.1, 0.15) is 15.9 Å². The number of aryl methyl sites for hydroxylation is 2. The van der Waals surface area contributed by atoms with Crippen LogP contribution in [0, 0.1) is 6.92 Å². The van der Waals surface area contributed by atoms with E-state index in [1.54, 1.807) is 18.9 Å². The van der Waals surface area contributed by atoms with E-state index in [0.29, 0.717) is 31.0 Å². The van der Waals surface area contributed by atoms with Gasteiger partial charge in [0.05, 0.1) is 11.3 Å². The van der Waals surface area contributed by atoms with Gasteiger partial charge in [0.2, 0.25) is 10.0 Å². The van der Waals surface area contributed by atoms with Crippen LogP contribution in [-0.2, 0) is 23.2 Å². The Labute approximate surface area is 165 Å². The lowest BCUT2D eigenvalue weighted by Gasteiger charge is -2.23. The third-order valence-electron chi connectivity index (χ3n) is 4.55. The number of sulfonamides is 1. The largest absolute Gasteiger partial charge is 0.417 e. The molecule has 3 heterocycles. The zero-order valence-corrected chi connectivity index (χ0v) is 16.8. The quantitative estimate of drug-likeness (QED) is 0.738. The van der Waals surface area contributed by atoms with Gasteiger partial charge in [-0.1, -0.05) is 11.6 Å². The average Bonchev–Trinajstić information content (AvgIpc) is 2.80. The maximum atomic E-state index is 13.0. The Morgan fingerprint density at radius 3 is 2.39 bits per heavy atom. The highest BCUT2D eigenvalue weighted by molar-refractivity contribution is 7.89. The van der Waals surface area contributed by atoms with E-state index < -0.39 is 21.8 Å². The fourth-order valence-corrected chi connectivity index (χ4v) is 5.31. The summed E-state index contributed by atoms with van der Waals surface area (Å²) in [6, 6.07) is 2.27. The molecular weight excluding hydrogens is 419 g/mol. The molecule has 12 heteroatoms. The summed E-state index contributed by atoms with van der Waals surface area (Å²) in [6.07, 6.45) is -3.16. The highest BCUT2D eigenvalue weighted by Crippen LogP contribution is 2.30. The second kappa shape index (κ2) is 7.53. The molecule has 0 amide bonds. The zero-order chi connectivity index (χ0) is 20.7. The van der Waals surface area contributed by atoms with Gasteiger partial charge in [0.15, 0.2) is 0 Å². The Bertz CT molecular complexity index is 960. The predicted octanol–water partition coefficient (Wildman–Crippen LogP) is 2.70. The van der Waals surface area contributed by atoms with Gasteiger partial charge in [-0.2, -0.15) is 22.6 Å². The number of hydrogen-bond donors (Lipinski definition) is 0. The maximum Gasteiger partial charge on any atom is 0.417 e. The van der Waals surface area contributed by atoms with E-state index in [1.807, 2.05) is 0 Å². The van der Waals surface area contributed by atoms with Crippen LogP contribution in [0.5, 0.6) is 0 Å². The van der Waals surface area contributed by atoms with Crippen LogP contribution >= 0.6 is 11.6 Å². The molecule has 1 aliphatic heterocycles. The summed E-state index contributed by atoms with van der Waals surface area (Å²) in [7, 11) is -2.27. The zero-order valence-electron chi connectivity index (χ0n) is 15.2. The molecule has 0 unspecified atom stereocenters. The smallest absolute Gasteiger partial charge is 0.355 e. The first-order chi connectivity index (χ1) is 13.0. The first kappa shape index (κ1) is 20.9. The molecule has 2 aromatic rings. The predicted molar refractivity (Wildman–Crippen MR) is 97.8 cm³/mol. The number of alkyl halides is 3. The third-order valence-corrected chi connectivity index (χ3v) is 7.15. The lowest BCUT2D eigenvalue weighted by molar-refractivity contribution is -0.137. The highest BCUT2D eigenvalue weighted by atomic mass is 35.5. The number of hydrogen-bond acceptors (Lipinski definition) is 5. The van der Waals surface area contributed by atoms with Crippen molar-refractivity contribution in [3.8, 4) is 0 Å². The van der Waals surface area contributed by atoms with E-state index in [0.717, 1.165) is 12.3 Å². The Hall–Kier alpha value is -1.85. The molecular formula is C16H19ClF3N5O2S. The van der Waals surface area contributed by atoms with Crippen molar-refractivity contribution in [1.82, 2.24) is 19.1 Å². The Morgan fingerprint density at radius 1 is 1.14 bits per heavy atom. The summed E-state index contributed by atoms with van der Waals surface area (Å²) in [6.45, 7) is 2.79. The van der Waals surface area contributed by atoms with Crippen molar-refractivity contribution in [2.75, 3.05) is 31.1 Å². The molecule has 0 radical (unpaired) electrons. The molecule has 0 spiro atoms. The number of rotatable bonds is 3. The van der Waals surface area contributed by atoms with Gasteiger partial charge >= 0.3 is 6.18 Å². The first-order valence-electron chi connectivity index (χ1n) is 8.49. The minimum atomic E-state index is -4.45. The average molecular weight is 438 g/mol. The van der Waals surface area contributed by atoms with Gasteiger partial charge in [0, 0.05) is 39.4 Å². The molecule has 0 bridgehead atoms. The summed E-state index contributed by atoms with van der Waals surface area (Å²) in [4.78, 5) is 5.65. The van der Waals surface area contributed by atoms with Crippen LogP contribution < -0.4 is 4.90 Å². The maximum absolute atomic E-state index is 13.0. The molecule has 2 aromatic heterocycles. The van der Waals surface area contributed by atoms with Crippen molar-refractivity contribution in [3.05, 3.63) is 34.7 Å². The second-order valence-corrected chi connectivity index (χ2v) is 8.71. The van der Waals surface area contributed by atoms with Crippen molar-refractivity contribution >= 4 is 27.4 Å². The van der Waals surface area contributed by atoms with E-state index in [-0.39, 0.29) is 23.1 Å². The molecule has 28 heavy (non-hydrogen) atoms. The van der Waals surface area contributed by atoms with Crippen LogP contribution in [0.25, 0.3) is 0 Å². The molecule has 0 aliphatic carbocycles. The molecule has 1 fully saturated rings. The first-order valence-corrected chi connectivity index (χ1v) is 10.3. The molecule has 0 N–H and O–H groups in total. The summed E-state index contributed by atoms with van der Waals surface area (Å²) in [5.74, 6) is 0.378. The second-order valence-electron chi connectivity index (χ2n) is 6.48. The fraction of sp³-hybridized carbons (Fsp3) is 0.500. The SMILES string of the molecule is Cc1nn(C)c(Cl)c1S(=O)(=O)N1CCCN(c2ccc(C(F)(F)F)cn2)CC1. The molecule has 0 saturated carbocycles. The minimum absolute atomic E-state index is 0.0160. The molecule has 3 rings (SSSR count). The van der Waals surface area contributed by atoms with E-state index in [1.165, 1.54) is 15.1 Å². The molecule has 1 aliphatic rings. The van der Waals surface area contributed by atoms with Crippen LogP contribution in [0.4, 0.5) is 19.0 Å². The van der Waals surface area contributed by atoms with Crippen LogP contribution in [-0.4, -0.2) is 53.7 Å². The normalized spacial score (nSPS) is 17.0. The molecule has 1 saturated heterocycles. The standard InChI is InChI=1S/C16H19ClF3N5O2S/c1-11-14(15(17)23(2)22-11)28(26,27)25-7-3-6-24(8-9-25)13-5-4-12(10-21-13)16(18,19)20/h4-5,10H,3,6-9H2,1-2H3. The van der Waals surface area contributed by atoms with Crippen molar-refractivity contribution in [1.29, 1.82) is 0 Å². The van der Waals surface area contributed by atoms with Crippen molar-refractivity contribution in [3.63, 3.8) is 0 Å². The van der Waals surface area contributed by atoms with Crippen LogP contribution in [0.3, 0.4) is 0 Å². The van der Waals surface area contributed by atoms with Gasteiger partial charge in [-0.05, 0) is 25.5 Å². The number of pyridine rings is 1. The topological polar surface area (TPSA) is 71.3 Å². The lowest BCUT2D eigenvalue weighted by Crippen LogP contribution is -2.35. The lowest BCUT2D eigenvalue weighted by atomic mass is 10.2. The summed E-state index contributed by atoms with van der Waals surface area (Å²) in [5.41, 5.74) is -0.505. The fourth-order valence-electron chi connectivity index (χ4n) is 3.14. The van der Waals surface area contributed by atoms with Crippen LogP contribution in [0.15, 0.2) is 23.2 Å². The van der Waals surface area contributed by atoms with Crippen molar-refractivity contribution in [2.45, 2.75) is 24.4 Å². The van der Waals surface area contributed by atoms with E-state index >= 15 is 0 Å². The molecule has 7 nitrogen and oxygen atoms in total. The van der Waals surface area contributed by atoms with Crippen LogP contribution in [0.2, 0.25) is 5.15 Å². The Morgan fingerprint density at radius 2 is 1.86 bits per heavy atom. The third kappa shape index (κ3) is 3.96. The van der Waals surface area contributed by atoms with Crippen LogP contribution in [0.1, 0.15) is 17.7 Å². The van der Waals surface area contributed by atoms with Crippen molar-refractivity contribution in [2.24, 2.45) is 7.05 Å². The highest BCUT2D eigenvalue weighted by Gasteiger charge is 2.33. The van der Waals surface area contributed by atoms with Gasteiger partial charge in [-0.3, -0.25) is 4.68 Å². The van der Waals surface area contributed by atoms with Gasteiger partial charge < -0.3 is 4.90 Å². The minimum Gasteiger partial charge on any atom is -0.355 e. The van der Waals surface area contributed by atoms with E-state index in [2.05, 4.69) is 10.1 Å². The van der Waals surface area contributed by atoms with Gasteiger partial charge in [0.25, 0.3) is 0 Å². The monoisotopic (exact) mass is 437 g/mol. The van der Waals surface area contributed by atoms with Crippen molar-refractivity contribution < 1.29 is 21.6 Å². The summed E-state index contributed by atoms with van der Waals surface area (Å²) >= 11 is 6.12. The van der Waals surface area contributed by atoms with Gasteiger partial charge in [-0.15, -0.1) is 0 Å². The molecule has 0 aromatic carbocycles. The Balaban J connectivity index is 1.78. The molecule has 154 valence electrons. The number of halogens is 4. The summed E-state index contributed by atoms with van der Waals surface area (Å²) in [5, 5.41) is 4.10. The van der Waals surface area contributed by atoms with E-state index in [9.17, 15) is 21.6 Å². The number of aromatic nitrogens is 3. The number of nitrogens with zero attached hydrogens (tertiary/aromatic N) is 5. The molecule has 0 atom stereocenters. The number of anilines is 1. The van der Waals surface area contributed by atoms with Gasteiger partial charge in [-0.25, -0.2) is 13.4 Å². The van der Waals surface area contributed by atoms with E-state index in [4.69, 9.17) is 11.6 Å². The summed E-state index contributed by atoms with van der Waals surface area (Å²) < 4.78 is 66.8. The Kier molecular flexibility index (Phi) is 5.61.